The number of aromatic nitrogens is 4. The molecule has 10 heteroatoms. The van der Waals surface area contributed by atoms with Gasteiger partial charge in [0.25, 0.3) is 0 Å². The van der Waals surface area contributed by atoms with Crippen LogP contribution in [0.5, 0.6) is 0 Å². The van der Waals surface area contributed by atoms with E-state index in [1.807, 2.05) is 13.1 Å². The number of carbonyl (C=O) groups excluding carboxylic acids is 1. The zero-order valence-electron chi connectivity index (χ0n) is 21.8. The fourth-order valence-electron chi connectivity index (χ4n) is 5.39. The number of urea groups is 1. The Bertz CT molecular complexity index is 1300. The second kappa shape index (κ2) is 10.0. The largest absolute Gasteiger partial charge is 0.366 e. The summed E-state index contributed by atoms with van der Waals surface area (Å²) in [6.07, 6.45) is 9.60. The number of anilines is 2. The smallest absolute Gasteiger partial charge is 0.314 e. The number of thiazole rings is 1. The Morgan fingerprint density at radius 3 is 2.68 bits per heavy atom. The third-order valence-electron chi connectivity index (χ3n) is 7.74. The topological polar surface area (TPSA) is 117 Å². The lowest BCUT2D eigenvalue weighted by molar-refractivity contribution is 0.237. The van der Waals surface area contributed by atoms with Crippen LogP contribution in [0.2, 0.25) is 0 Å². The molecule has 3 aliphatic carbocycles. The highest BCUT2D eigenvalue weighted by atomic mass is 32.1. The molecule has 3 saturated carbocycles. The van der Waals surface area contributed by atoms with E-state index in [-0.39, 0.29) is 18.1 Å². The fourth-order valence-corrected chi connectivity index (χ4v) is 6.45. The summed E-state index contributed by atoms with van der Waals surface area (Å²) < 4.78 is 1.16. The summed E-state index contributed by atoms with van der Waals surface area (Å²) in [5, 5.41) is 14.1. The van der Waals surface area contributed by atoms with E-state index >= 15 is 0 Å². The maximum Gasteiger partial charge on any atom is 0.314 e. The predicted octanol–water partition coefficient (Wildman–Crippen LogP) is 5.20. The van der Waals surface area contributed by atoms with Gasteiger partial charge in [-0.15, -0.1) is 11.3 Å². The van der Waals surface area contributed by atoms with Gasteiger partial charge in [-0.05, 0) is 77.7 Å². The van der Waals surface area contributed by atoms with Gasteiger partial charge in [-0.1, -0.05) is 0 Å². The van der Waals surface area contributed by atoms with Gasteiger partial charge in [0.2, 0.25) is 5.95 Å². The first-order valence-corrected chi connectivity index (χ1v) is 14.5. The van der Waals surface area contributed by atoms with Crippen molar-refractivity contribution in [1.29, 1.82) is 0 Å². The van der Waals surface area contributed by atoms with Crippen LogP contribution in [0.3, 0.4) is 0 Å². The van der Waals surface area contributed by atoms with Gasteiger partial charge in [0, 0.05) is 36.8 Å². The Balaban J connectivity index is 1.31. The van der Waals surface area contributed by atoms with Gasteiger partial charge in [-0.2, -0.15) is 4.98 Å². The van der Waals surface area contributed by atoms with Crippen molar-refractivity contribution in [3.05, 3.63) is 23.7 Å². The average molecular weight is 521 g/mol. The predicted molar refractivity (Wildman–Crippen MR) is 148 cm³/mol. The molecule has 3 aromatic rings. The Morgan fingerprint density at radius 1 is 1.11 bits per heavy atom. The van der Waals surface area contributed by atoms with E-state index in [1.165, 1.54) is 25.7 Å². The van der Waals surface area contributed by atoms with Crippen molar-refractivity contribution in [3.8, 4) is 10.6 Å². The first kappa shape index (κ1) is 24.3. The van der Waals surface area contributed by atoms with Gasteiger partial charge in [-0.25, -0.2) is 14.8 Å². The third kappa shape index (κ3) is 5.35. The van der Waals surface area contributed by atoms with E-state index in [9.17, 15) is 4.79 Å². The number of carbonyl (C=O) groups is 1. The van der Waals surface area contributed by atoms with Crippen LogP contribution in [0.25, 0.3) is 20.8 Å². The molecule has 0 saturated heterocycles. The molecule has 0 radical (unpaired) electrons. The minimum absolute atomic E-state index is 0.0955. The lowest BCUT2D eigenvalue weighted by Gasteiger charge is -2.20. The summed E-state index contributed by atoms with van der Waals surface area (Å²) in [5.41, 5.74) is 4.03. The van der Waals surface area contributed by atoms with Crippen molar-refractivity contribution in [2.45, 2.75) is 89.8 Å². The van der Waals surface area contributed by atoms with E-state index < -0.39 is 0 Å². The van der Waals surface area contributed by atoms with Gasteiger partial charge in [0.15, 0.2) is 0 Å². The Labute approximate surface area is 221 Å². The highest BCUT2D eigenvalue weighted by Gasteiger charge is 2.32. The van der Waals surface area contributed by atoms with Gasteiger partial charge in [0.05, 0.1) is 21.7 Å². The van der Waals surface area contributed by atoms with E-state index in [4.69, 9.17) is 15.0 Å². The van der Waals surface area contributed by atoms with Gasteiger partial charge in [0.1, 0.15) is 16.3 Å². The zero-order chi connectivity index (χ0) is 25.5. The molecule has 3 fully saturated rings. The van der Waals surface area contributed by atoms with Crippen molar-refractivity contribution in [1.82, 2.24) is 30.6 Å². The SMILES string of the molecule is CCNC(=O)NC1CCC(Nc2nc(NC(C)C3CC3)nc(C)c2-c2nc3c(C4CC4)nccc3s2)C1. The molecule has 0 aromatic carbocycles. The summed E-state index contributed by atoms with van der Waals surface area (Å²) in [7, 11) is 0. The van der Waals surface area contributed by atoms with Crippen molar-refractivity contribution in [3.63, 3.8) is 0 Å². The number of hydrogen-bond donors (Lipinski definition) is 4. The van der Waals surface area contributed by atoms with Crippen LogP contribution < -0.4 is 21.3 Å². The summed E-state index contributed by atoms with van der Waals surface area (Å²) in [5.74, 6) is 2.73. The summed E-state index contributed by atoms with van der Waals surface area (Å²) >= 11 is 1.69. The number of aryl methyl sites for hydroxylation is 1. The maximum atomic E-state index is 12.0. The Kier molecular flexibility index (Phi) is 6.60. The maximum absolute atomic E-state index is 12.0. The fraction of sp³-hybridized carbons (Fsp3) is 0.593. The van der Waals surface area contributed by atoms with Crippen molar-refractivity contribution in [2.24, 2.45) is 5.92 Å². The van der Waals surface area contributed by atoms with Crippen LogP contribution in [0, 0.1) is 12.8 Å². The lowest BCUT2D eigenvalue weighted by atomic mass is 10.2. The van der Waals surface area contributed by atoms with E-state index in [1.54, 1.807) is 11.3 Å². The van der Waals surface area contributed by atoms with Gasteiger partial charge in [-0.3, -0.25) is 4.98 Å². The Morgan fingerprint density at radius 2 is 1.92 bits per heavy atom. The van der Waals surface area contributed by atoms with Crippen molar-refractivity contribution in [2.75, 3.05) is 17.2 Å². The van der Waals surface area contributed by atoms with Crippen molar-refractivity contribution < 1.29 is 4.79 Å². The van der Waals surface area contributed by atoms with E-state index in [0.717, 1.165) is 57.3 Å². The molecule has 3 atom stereocenters. The second-order valence-electron chi connectivity index (χ2n) is 10.8. The molecule has 3 heterocycles. The highest BCUT2D eigenvalue weighted by molar-refractivity contribution is 7.21. The molecular weight excluding hydrogens is 484 g/mol. The Hall–Kier alpha value is -3.01. The lowest BCUT2D eigenvalue weighted by Crippen LogP contribution is -2.41. The number of fused-ring (bicyclic) bond motifs is 1. The molecule has 9 nitrogen and oxygen atoms in total. The van der Waals surface area contributed by atoms with Crippen LogP contribution in [-0.4, -0.2) is 50.6 Å². The summed E-state index contributed by atoms with van der Waals surface area (Å²) in [6, 6.07) is 2.68. The monoisotopic (exact) mass is 520 g/mol. The first-order chi connectivity index (χ1) is 18.0. The molecule has 3 aliphatic rings. The number of amides is 2. The molecule has 0 bridgehead atoms. The molecule has 0 aliphatic heterocycles. The molecule has 3 aromatic heterocycles. The van der Waals surface area contributed by atoms with Gasteiger partial charge >= 0.3 is 6.03 Å². The summed E-state index contributed by atoms with van der Waals surface area (Å²) in [6.45, 7) is 6.82. The third-order valence-corrected chi connectivity index (χ3v) is 8.77. The van der Waals surface area contributed by atoms with Gasteiger partial charge < -0.3 is 21.3 Å². The van der Waals surface area contributed by atoms with Crippen LogP contribution in [0.4, 0.5) is 16.6 Å². The molecule has 2 amide bonds. The standard InChI is InChI=1S/C27H36N8OS/c1-4-28-27(36)33-19-10-9-18(13-19)32-24-21(15(3)31-26(35-24)30-14(2)16-5-6-16)25-34-23-20(37-25)11-12-29-22(23)17-7-8-17/h11-12,14,16-19H,4-10,13H2,1-3H3,(H2,28,33,36)(H2,30,31,32,35). The van der Waals surface area contributed by atoms with Crippen LogP contribution >= 0.6 is 11.3 Å². The number of rotatable bonds is 9. The highest BCUT2D eigenvalue weighted by Crippen LogP contribution is 2.44. The van der Waals surface area contributed by atoms with Crippen LogP contribution in [-0.2, 0) is 0 Å². The van der Waals surface area contributed by atoms with Crippen LogP contribution in [0.1, 0.15) is 76.1 Å². The minimum atomic E-state index is -0.0955. The number of nitrogens with zero attached hydrogens (tertiary/aromatic N) is 4. The summed E-state index contributed by atoms with van der Waals surface area (Å²) in [4.78, 5) is 31.7. The number of nitrogens with one attached hydrogen (secondary N) is 4. The van der Waals surface area contributed by atoms with E-state index in [2.05, 4.69) is 46.2 Å². The van der Waals surface area contributed by atoms with Crippen molar-refractivity contribution >= 4 is 39.4 Å². The second-order valence-corrected chi connectivity index (χ2v) is 11.8. The molecule has 196 valence electrons. The molecular formula is C27H36N8OS. The number of pyridine rings is 1. The average Bonchev–Trinajstić information content (AvgIpc) is 3.78. The molecule has 3 unspecified atom stereocenters. The van der Waals surface area contributed by atoms with E-state index in [0.29, 0.717) is 30.4 Å². The quantitative estimate of drug-likeness (QED) is 0.306. The normalized spacial score (nSPS) is 22.1. The molecule has 37 heavy (non-hydrogen) atoms. The van der Waals surface area contributed by atoms with Crippen LogP contribution in [0.15, 0.2) is 12.3 Å². The number of hydrogen-bond acceptors (Lipinski definition) is 8. The molecule has 6 rings (SSSR count). The zero-order valence-corrected chi connectivity index (χ0v) is 22.6. The molecule has 4 N–H and O–H groups in total. The minimum Gasteiger partial charge on any atom is -0.366 e. The molecule has 0 spiro atoms. The first-order valence-electron chi connectivity index (χ1n) is 13.7.